The molecule has 0 aliphatic carbocycles. The van der Waals surface area contributed by atoms with Crippen LogP contribution in [0.15, 0.2) is 117 Å². The standard InChI is InChI=1S/C38H36N8/c1-37(2)33-17-13-25(43-33)21-39-29-9-5-7-11-31(29)41-23-27-15-19-35(45-27)38(3,4)36-20-16-28(46-36)24-42-32-12-8-6-10-30(32)40-22-26-14-18-34(37)44-26/h5-24,43-46H,1-4H3. The lowest BCUT2D eigenvalue weighted by atomic mass is 9.86. The Balaban J connectivity index is 1.29. The van der Waals surface area contributed by atoms with Gasteiger partial charge >= 0.3 is 0 Å². The highest BCUT2D eigenvalue weighted by atomic mass is 14.9. The van der Waals surface area contributed by atoms with E-state index >= 15 is 0 Å². The van der Waals surface area contributed by atoms with Crippen LogP contribution >= 0.6 is 0 Å². The minimum absolute atomic E-state index is 0.300. The molecule has 6 aromatic rings. The fraction of sp³-hybridized carbons (Fsp3) is 0.158. The summed E-state index contributed by atoms with van der Waals surface area (Å²) in [6.45, 7) is 8.76. The predicted molar refractivity (Wildman–Crippen MR) is 189 cm³/mol. The molecule has 0 fully saturated rings. The summed E-state index contributed by atoms with van der Waals surface area (Å²) in [6, 6.07) is 32.4. The Morgan fingerprint density at radius 3 is 0.826 bits per heavy atom. The number of fused-ring (bicyclic) bond motifs is 10. The zero-order chi connectivity index (χ0) is 31.7. The summed E-state index contributed by atoms with van der Waals surface area (Å²) in [5.41, 5.74) is 10.5. The van der Waals surface area contributed by atoms with Gasteiger partial charge in [-0.05, 0) is 100 Å². The van der Waals surface area contributed by atoms with E-state index in [1.807, 2.05) is 73.4 Å². The third-order valence-corrected chi connectivity index (χ3v) is 8.66. The second kappa shape index (κ2) is 11.6. The molecule has 0 amide bonds. The molecule has 1 aliphatic heterocycles. The first-order valence-electron chi connectivity index (χ1n) is 15.4. The summed E-state index contributed by atoms with van der Waals surface area (Å²) in [6.07, 6.45) is 7.41. The van der Waals surface area contributed by atoms with Crippen LogP contribution < -0.4 is 0 Å². The Morgan fingerprint density at radius 2 is 0.587 bits per heavy atom. The van der Waals surface area contributed by atoms with Gasteiger partial charge < -0.3 is 19.9 Å². The molecule has 0 saturated heterocycles. The van der Waals surface area contributed by atoms with Crippen molar-refractivity contribution in [2.75, 3.05) is 0 Å². The highest BCUT2D eigenvalue weighted by molar-refractivity contribution is 5.86. The molecule has 8 heteroatoms. The average molecular weight is 605 g/mol. The molecule has 228 valence electrons. The number of rotatable bonds is 0. The van der Waals surface area contributed by atoms with Crippen molar-refractivity contribution in [2.45, 2.75) is 38.5 Å². The number of aliphatic imine (C=N–C) groups is 4. The van der Waals surface area contributed by atoms with Gasteiger partial charge in [-0.25, -0.2) is 0 Å². The second-order valence-corrected chi connectivity index (χ2v) is 12.6. The van der Waals surface area contributed by atoms with E-state index < -0.39 is 0 Å². The van der Waals surface area contributed by atoms with Crippen LogP contribution in [0.1, 0.15) is 73.2 Å². The van der Waals surface area contributed by atoms with E-state index in [4.69, 9.17) is 20.0 Å². The van der Waals surface area contributed by atoms with Crippen molar-refractivity contribution in [1.29, 1.82) is 0 Å². The third-order valence-electron chi connectivity index (χ3n) is 8.66. The minimum atomic E-state index is -0.300. The highest BCUT2D eigenvalue weighted by Crippen LogP contribution is 2.33. The molecule has 46 heavy (non-hydrogen) atoms. The first kappa shape index (κ1) is 29.0. The van der Waals surface area contributed by atoms with E-state index in [9.17, 15) is 0 Å². The molecular weight excluding hydrogens is 568 g/mol. The van der Waals surface area contributed by atoms with Gasteiger partial charge in [-0.3, -0.25) is 20.0 Å². The topological polar surface area (TPSA) is 113 Å². The lowest BCUT2D eigenvalue weighted by Gasteiger charge is -2.22. The number of aromatic amines is 4. The Labute approximate surface area is 268 Å². The first-order chi connectivity index (χ1) is 22.3. The number of H-pyrrole nitrogens is 4. The van der Waals surface area contributed by atoms with Crippen LogP contribution in [0.3, 0.4) is 0 Å². The van der Waals surface area contributed by atoms with Gasteiger partial charge in [0.25, 0.3) is 0 Å². The number of para-hydroxylation sites is 4. The summed E-state index contributed by atoms with van der Waals surface area (Å²) in [5, 5.41) is 0. The van der Waals surface area contributed by atoms with Gasteiger partial charge in [0.15, 0.2) is 0 Å². The average Bonchev–Trinajstić information content (AvgIpc) is 3.89. The van der Waals surface area contributed by atoms with Gasteiger partial charge in [-0.2, -0.15) is 0 Å². The zero-order valence-electron chi connectivity index (χ0n) is 26.3. The molecule has 4 N–H and O–H groups in total. The molecular formula is C38H36N8. The molecule has 1 aliphatic rings. The van der Waals surface area contributed by atoms with E-state index in [2.05, 4.69) is 96.2 Å². The van der Waals surface area contributed by atoms with E-state index in [0.29, 0.717) is 0 Å². The zero-order valence-corrected chi connectivity index (χ0v) is 26.3. The molecule has 0 radical (unpaired) electrons. The summed E-state index contributed by atoms with van der Waals surface area (Å²) < 4.78 is 0. The molecule has 7 rings (SSSR count). The van der Waals surface area contributed by atoms with E-state index in [-0.39, 0.29) is 10.8 Å². The van der Waals surface area contributed by atoms with Crippen molar-refractivity contribution in [3.8, 4) is 0 Å². The molecule has 0 atom stereocenters. The van der Waals surface area contributed by atoms with Gasteiger partial charge in [0.2, 0.25) is 0 Å². The summed E-state index contributed by atoms with van der Waals surface area (Å²) in [7, 11) is 0. The predicted octanol–water partition coefficient (Wildman–Crippen LogP) is 8.97. The van der Waals surface area contributed by atoms with E-state index in [1.165, 1.54) is 0 Å². The second-order valence-electron chi connectivity index (χ2n) is 12.6. The normalized spacial score (nSPS) is 15.4. The van der Waals surface area contributed by atoms with Gasteiger partial charge in [0.1, 0.15) is 0 Å². The van der Waals surface area contributed by atoms with Gasteiger partial charge in [0.05, 0.1) is 70.4 Å². The van der Waals surface area contributed by atoms with Crippen molar-refractivity contribution >= 4 is 47.6 Å². The molecule has 2 aromatic carbocycles. The van der Waals surface area contributed by atoms with Crippen LogP contribution in [-0.4, -0.2) is 44.8 Å². The molecule has 0 saturated carbocycles. The minimum Gasteiger partial charge on any atom is -0.357 e. The summed E-state index contributed by atoms with van der Waals surface area (Å²) >= 11 is 0. The molecule has 8 bridgehead atoms. The largest absolute Gasteiger partial charge is 0.357 e. The van der Waals surface area contributed by atoms with Gasteiger partial charge in [0, 0.05) is 33.6 Å². The third kappa shape index (κ3) is 5.73. The molecule has 5 heterocycles. The molecule has 0 spiro atoms. The van der Waals surface area contributed by atoms with Crippen LogP contribution in [-0.2, 0) is 10.8 Å². The fourth-order valence-electron chi connectivity index (χ4n) is 5.62. The van der Waals surface area contributed by atoms with Crippen molar-refractivity contribution < 1.29 is 0 Å². The lowest BCUT2D eigenvalue weighted by molar-refractivity contribution is 0.603. The number of aromatic nitrogens is 4. The highest BCUT2D eigenvalue weighted by Gasteiger charge is 2.27. The fourth-order valence-corrected chi connectivity index (χ4v) is 5.62. The Morgan fingerprint density at radius 1 is 0.348 bits per heavy atom. The summed E-state index contributed by atoms with van der Waals surface area (Å²) in [4.78, 5) is 33.4. The maximum Gasteiger partial charge on any atom is 0.0887 e. The molecule has 4 aromatic heterocycles. The number of hydrogen-bond donors (Lipinski definition) is 4. The lowest BCUT2D eigenvalue weighted by Crippen LogP contribution is -2.20. The van der Waals surface area contributed by atoms with Crippen molar-refractivity contribution in [1.82, 2.24) is 19.9 Å². The van der Waals surface area contributed by atoms with Crippen molar-refractivity contribution in [2.24, 2.45) is 20.0 Å². The van der Waals surface area contributed by atoms with Crippen LogP contribution in [0.25, 0.3) is 0 Å². The number of nitrogens with one attached hydrogen (secondary N) is 4. The van der Waals surface area contributed by atoms with Crippen LogP contribution in [0.4, 0.5) is 22.7 Å². The molecule has 0 unspecified atom stereocenters. The first-order valence-corrected chi connectivity index (χ1v) is 15.4. The monoisotopic (exact) mass is 604 g/mol. The number of nitrogens with zero attached hydrogens (tertiary/aromatic N) is 4. The van der Waals surface area contributed by atoms with Crippen LogP contribution in [0, 0.1) is 0 Å². The van der Waals surface area contributed by atoms with E-state index in [0.717, 1.165) is 68.3 Å². The quantitative estimate of drug-likeness (QED) is 0.133. The smallest absolute Gasteiger partial charge is 0.0887 e. The molecule has 8 nitrogen and oxygen atoms in total. The van der Waals surface area contributed by atoms with Crippen molar-refractivity contribution in [3.05, 3.63) is 143 Å². The van der Waals surface area contributed by atoms with Crippen molar-refractivity contribution in [3.63, 3.8) is 0 Å². The Hall–Kier alpha value is -5.76. The Kier molecular flexibility index (Phi) is 7.33. The van der Waals surface area contributed by atoms with Crippen LogP contribution in [0.2, 0.25) is 0 Å². The number of hydrogen-bond acceptors (Lipinski definition) is 4. The number of benzene rings is 2. The Bertz CT molecular complexity index is 1820. The van der Waals surface area contributed by atoms with E-state index in [1.54, 1.807) is 0 Å². The SMILES string of the molecule is CC1(C)c2ccc([nH]2)C=Nc2ccccc2N=Cc2ccc([nH]2)C(C)(C)c2ccc([nH]2)C=Nc2ccccc2N=Cc2ccc1[nH]2. The maximum atomic E-state index is 4.79. The van der Waals surface area contributed by atoms with Gasteiger partial charge in [-0.1, -0.05) is 24.3 Å². The van der Waals surface area contributed by atoms with Gasteiger partial charge in [-0.15, -0.1) is 0 Å². The summed E-state index contributed by atoms with van der Waals surface area (Å²) in [5.74, 6) is 0. The van der Waals surface area contributed by atoms with Crippen LogP contribution in [0.5, 0.6) is 0 Å². The maximum absolute atomic E-state index is 4.79.